The lowest BCUT2D eigenvalue weighted by molar-refractivity contribution is 0.00781. The van der Waals surface area contributed by atoms with Gasteiger partial charge in [0, 0.05) is 32.7 Å². The Kier molecular flexibility index (Phi) is 2.94. The lowest BCUT2D eigenvalue weighted by Gasteiger charge is -2.46. The number of fused-ring (bicyclic) bond motifs is 3. The fourth-order valence-corrected chi connectivity index (χ4v) is 3.16. The molecule has 1 N–H and O–H groups in total. The van der Waals surface area contributed by atoms with Crippen molar-refractivity contribution in [1.82, 2.24) is 19.9 Å². The maximum absolute atomic E-state index is 10.0. The fraction of sp³-hybridized carbons (Fsp3) is 0.467. The largest absolute Gasteiger partial charge is 0.507 e. The summed E-state index contributed by atoms with van der Waals surface area (Å²) < 4.78 is 5.37. The summed E-state index contributed by atoms with van der Waals surface area (Å²) in [7, 11) is 0. The van der Waals surface area contributed by atoms with Crippen LogP contribution in [-0.2, 0) is 0 Å². The molecule has 4 heterocycles. The fourth-order valence-electron chi connectivity index (χ4n) is 3.16. The van der Waals surface area contributed by atoms with Crippen LogP contribution < -0.4 is 0 Å². The van der Waals surface area contributed by atoms with Crippen molar-refractivity contribution in [3.05, 3.63) is 29.6 Å². The summed E-state index contributed by atoms with van der Waals surface area (Å²) in [5.41, 5.74) is 1.59. The van der Waals surface area contributed by atoms with Gasteiger partial charge in [0.1, 0.15) is 5.75 Å². The highest BCUT2D eigenvalue weighted by atomic mass is 16.5. The van der Waals surface area contributed by atoms with E-state index in [9.17, 15) is 5.11 Å². The number of benzene rings is 1. The average molecular weight is 286 g/mol. The van der Waals surface area contributed by atoms with E-state index in [0.29, 0.717) is 11.5 Å². The summed E-state index contributed by atoms with van der Waals surface area (Å²) in [4.78, 5) is 9.35. The van der Waals surface area contributed by atoms with Gasteiger partial charge >= 0.3 is 0 Å². The third kappa shape index (κ3) is 2.20. The third-order valence-corrected chi connectivity index (χ3v) is 4.40. The molecule has 2 aromatic rings. The van der Waals surface area contributed by atoms with Crippen LogP contribution in [0.2, 0.25) is 0 Å². The topological polar surface area (TPSA) is 65.6 Å². The molecular formula is C15H18N4O2. The molecule has 5 rings (SSSR count). The van der Waals surface area contributed by atoms with Crippen LogP contribution in [0.1, 0.15) is 17.4 Å². The zero-order valence-electron chi connectivity index (χ0n) is 12.0. The zero-order chi connectivity index (χ0) is 14.4. The number of phenols is 1. The summed E-state index contributed by atoms with van der Waals surface area (Å²) >= 11 is 0. The Hall–Kier alpha value is -1.92. The van der Waals surface area contributed by atoms with Crippen molar-refractivity contribution in [3.8, 4) is 17.2 Å². The first-order chi connectivity index (χ1) is 10.2. The van der Waals surface area contributed by atoms with E-state index in [-0.39, 0.29) is 11.8 Å². The molecule has 0 radical (unpaired) electrons. The van der Waals surface area contributed by atoms with Crippen molar-refractivity contribution >= 4 is 0 Å². The number of nitrogens with zero attached hydrogens (tertiary/aromatic N) is 4. The number of piperazine rings is 3. The highest BCUT2D eigenvalue weighted by Gasteiger charge is 2.35. The van der Waals surface area contributed by atoms with Gasteiger partial charge in [0.2, 0.25) is 0 Å². The normalized spacial score (nSPS) is 28.0. The van der Waals surface area contributed by atoms with Crippen molar-refractivity contribution in [2.45, 2.75) is 13.0 Å². The molecule has 3 saturated heterocycles. The molecule has 110 valence electrons. The van der Waals surface area contributed by atoms with Crippen LogP contribution in [0.25, 0.3) is 11.5 Å². The Bertz CT molecular complexity index is 661. The van der Waals surface area contributed by atoms with Crippen LogP contribution in [-0.4, -0.2) is 57.8 Å². The number of aryl methyl sites for hydroxylation is 1. The first-order valence-corrected chi connectivity index (χ1v) is 7.31. The highest BCUT2D eigenvalue weighted by Crippen LogP contribution is 2.32. The average Bonchev–Trinajstić information content (AvgIpc) is 2.98. The van der Waals surface area contributed by atoms with Crippen molar-refractivity contribution in [2.24, 2.45) is 0 Å². The van der Waals surface area contributed by atoms with Crippen LogP contribution in [0.5, 0.6) is 5.75 Å². The first kappa shape index (κ1) is 12.8. The summed E-state index contributed by atoms with van der Waals surface area (Å²) in [6.45, 7) is 7.26. The summed E-state index contributed by atoms with van der Waals surface area (Å²) in [6.07, 6.45) is 0. The summed E-state index contributed by atoms with van der Waals surface area (Å²) in [5.74, 6) is 1.29. The lowest BCUT2D eigenvalue weighted by Crippen LogP contribution is -2.57. The molecule has 3 fully saturated rings. The van der Waals surface area contributed by atoms with Gasteiger partial charge in [-0.05, 0) is 24.6 Å². The van der Waals surface area contributed by atoms with Crippen LogP contribution in [0, 0.1) is 6.92 Å². The van der Waals surface area contributed by atoms with E-state index in [1.807, 2.05) is 19.1 Å². The maximum atomic E-state index is 10.0. The van der Waals surface area contributed by atoms with Gasteiger partial charge in [-0.3, -0.25) is 9.80 Å². The number of rotatable bonds is 2. The van der Waals surface area contributed by atoms with Gasteiger partial charge < -0.3 is 9.63 Å². The predicted octanol–water partition coefficient (Wildman–Crippen LogP) is 1.42. The molecule has 1 unspecified atom stereocenters. The van der Waals surface area contributed by atoms with Crippen LogP contribution in [0.4, 0.5) is 0 Å². The van der Waals surface area contributed by atoms with Gasteiger partial charge in [-0.25, -0.2) is 0 Å². The second-order valence-electron chi connectivity index (χ2n) is 5.83. The van der Waals surface area contributed by atoms with Crippen molar-refractivity contribution in [2.75, 3.05) is 32.7 Å². The number of phenolic OH excluding ortho intramolecular Hbond substituents is 1. The van der Waals surface area contributed by atoms with E-state index in [1.165, 1.54) is 0 Å². The standard InChI is InChI=1S/C15H18N4O2/c1-10-2-3-11(13(20)8-10)15-16-14(17-21-15)12-9-18-4-6-19(12)7-5-18/h2-3,8,12,20H,4-7,9H2,1H3. The van der Waals surface area contributed by atoms with Gasteiger partial charge in [-0.15, -0.1) is 0 Å². The minimum atomic E-state index is 0.180. The van der Waals surface area contributed by atoms with E-state index in [0.717, 1.165) is 44.1 Å². The molecule has 6 heteroatoms. The Balaban J connectivity index is 1.64. The minimum Gasteiger partial charge on any atom is -0.507 e. The molecule has 6 nitrogen and oxygen atoms in total. The van der Waals surface area contributed by atoms with Gasteiger partial charge in [0.15, 0.2) is 5.82 Å². The van der Waals surface area contributed by atoms with Crippen LogP contribution in [0.3, 0.4) is 0 Å². The molecule has 21 heavy (non-hydrogen) atoms. The Morgan fingerprint density at radius 2 is 2.05 bits per heavy atom. The molecule has 1 atom stereocenters. The Morgan fingerprint density at radius 3 is 2.71 bits per heavy atom. The number of hydrogen-bond acceptors (Lipinski definition) is 6. The molecule has 0 saturated carbocycles. The van der Waals surface area contributed by atoms with Crippen molar-refractivity contribution in [1.29, 1.82) is 0 Å². The predicted molar refractivity (Wildman–Crippen MR) is 76.9 cm³/mol. The molecule has 0 amide bonds. The van der Waals surface area contributed by atoms with Gasteiger partial charge in [-0.2, -0.15) is 4.98 Å². The van der Waals surface area contributed by atoms with E-state index >= 15 is 0 Å². The lowest BCUT2D eigenvalue weighted by atomic mass is 10.1. The maximum Gasteiger partial charge on any atom is 0.261 e. The number of aromatic hydroxyl groups is 1. The van der Waals surface area contributed by atoms with Crippen LogP contribution in [0.15, 0.2) is 22.7 Å². The molecule has 3 aliphatic rings. The smallest absolute Gasteiger partial charge is 0.261 e. The monoisotopic (exact) mass is 286 g/mol. The first-order valence-electron chi connectivity index (χ1n) is 7.31. The molecule has 0 aliphatic carbocycles. The van der Waals surface area contributed by atoms with Gasteiger partial charge in [0.05, 0.1) is 11.6 Å². The van der Waals surface area contributed by atoms with E-state index in [2.05, 4.69) is 19.9 Å². The molecular weight excluding hydrogens is 268 g/mol. The second kappa shape index (κ2) is 4.82. The number of aromatic nitrogens is 2. The van der Waals surface area contributed by atoms with Crippen molar-refractivity contribution < 1.29 is 9.63 Å². The molecule has 1 aromatic heterocycles. The quantitative estimate of drug-likeness (QED) is 0.901. The zero-order valence-corrected chi connectivity index (χ0v) is 12.0. The SMILES string of the molecule is Cc1ccc(-c2nc(C3CN4CCN3CC4)no2)c(O)c1. The van der Waals surface area contributed by atoms with E-state index < -0.39 is 0 Å². The van der Waals surface area contributed by atoms with Gasteiger partial charge in [-0.1, -0.05) is 11.2 Å². The molecule has 3 aliphatic heterocycles. The van der Waals surface area contributed by atoms with Crippen LogP contribution >= 0.6 is 0 Å². The third-order valence-electron chi connectivity index (χ3n) is 4.40. The number of hydrogen-bond donors (Lipinski definition) is 1. The van der Waals surface area contributed by atoms with E-state index in [4.69, 9.17) is 4.52 Å². The molecule has 2 bridgehead atoms. The summed E-state index contributed by atoms with van der Waals surface area (Å²) in [6, 6.07) is 5.66. The molecule has 0 spiro atoms. The Morgan fingerprint density at radius 1 is 1.24 bits per heavy atom. The minimum absolute atomic E-state index is 0.180. The highest BCUT2D eigenvalue weighted by molar-refractivity contribution is 5.62. The van der Waals surface area contributed by atoms with Gasteiger partial charge in [0.25, 0.3) is 5.89 Å². The summed E-state index contributed by atoms with van der Waals surface area (Å²) in [5, 5.41) is 14.2. The van der Waals surface area contributed by atoms with E-state index in [1.54, 1.807) is 6.07 Å². The Labute approximate surface area is 123 Å². The second-order valence-corrected chi connectivity index (χ2v) is 5.83. The van der Waals surface area contributed by atoms with Crippen molar-refractivity contribution in [3.63, 3.8) is 0 Å². The molecule has 1 aromatic carbocycles.